The van der Waals surface area contributed by atoms with Gasteiger partial charge >= 0.3 is 0 Å². The summed E-state index contributed by atoms with van der Waals surface area (Å²) in [6.07, 6.45) is 3.12. The van der Waals surface area contributed by atoms with Crippen LogP contribution in [0.4, 0.5) is 0 Å². The highest BCUT2D eigenvalue weighted by Gasteiger charge is 2.42. The van der Waals surface area contributed by atoms with Crippen LogP contribution in [0.2, 0.25) is 0 Å². The number of unbranched alkanes of at least 4 members (excludes halogenated alkanes) is 1. The fourth-order valence-corrected chi connectivity index (χ4v) is 11.5. The molecule has 0 bridgehead atoms. The molecule has 2 aliphatic heterocycles. The number of aliphatic imine (C=N–C) groups is 1. The molecule has 31 nitrogen and oxygen atoms in total. The molecule has 13 amide bonds. The van der Waals surface area contributed by atoms with Gasteiger partial charge < -0.3 is 92.5 Å². The van der Waals surface area contributed by atoms with Crippen molar-refractivity contribution >= 4 is 94.5 Å². The highest BCUT2D eigenvalue weighted by atomic mass is 32.2. The van der Waals surface area contributed by atoms with Gasteiger partial charge in [0, 0.05) is 45.3 Å². The molecule has 2 saturated heterocycles. The van der Waals surface area contributed by atoms with Crippen molar-refractivity contribution in [3.63, 3.8) is 0 Å². The van der Waals surface area contributed by atoms with Crippen LogP contribution in [-0.2, 0) is 75.2 Å². The number of thioether (sulfide) groups is 1. The van der Waals surface area contributed by atoms with Gasteiger partial charge in [-0.1, -0.05) is 74.5 Å². The first kappa shape index (κ1) is 78.5. The molecule has 0 radical (unpaired) electrons. The number of rotatable bonds is 42. The van der Waals surface area contributed by atoms with E-state index in [2.05, 4.69) is 47.5 Å². The molecule has 0 aliphatic carbocycles. The number of nitrogens with two attached hydrogens (primary N) is 7. The van der Waals surface area contributed by atoms with E-state index >= 15 is 0 Å². The Hall–Kier alpha value is -8.91. The summed E-state index contributed by atoms with van der Waals surface area (Å²) < 4.78 is 0. The number of nitrogens with zero attached hydrogens (tertiary/aromatic N) is 3. The van der Waals surface area contributed by atoms with Crippen molar-refractivity contribution in [2.75, 3.05) is 44.7 Å². The summed E-state index contributed by atoms with van der Waals surface area (Å²) in [6.45, 7) is 3.86. The monoisotopic (exact) mass is 1350 g/mol. The van der Waals surface area contributed by atoms with Gasteiger partial charge in [0.2, 0.25) is 76.8 Å². The third-order valence-corrected chi connectivity index (χ3v) is 16.7. The van der Waals surface area contributed by atoms with Crippen molar-refractivity contribution < 1.29 is 62.3 Å². The Morgan fingerprint density at radius 2 is 1.01 bits per heavy atom. The number of guanidine groups is 1. The topological polar surface area (TPSA) is 519 Å². The van der Waals surface area contributed by atoms with Crippen molar-refractivity contribution in [3.8, 4) is 0 Å². The molecule has 0 aromatic heterocycles. The average molecular weight is 1350 g/mol. The standard InChI is InChI=1S/C63H98N18O13S/c1-37(2)33-45(57(89)74-41(53(68)85)27-32-95-3)73-52(84)36-72-54(86)46(34-38-15-6-4-7-16-38)78-58(90)47(35-39-17-8-5-9-18-39)79-56(88)42(23-25-50(66)82)75-55(87)43(24-26-51(67)83)76-59(91)49-22-14-31-81(49)62(94)44(20-10-11-28-64)77-60(92)48-21-13-30-80(48)61(93)40(65)19-12-29-71-63(69)70/h4-9,15-18,37,40-49H,10-14,19-36,64-65H2,1-3H3,(H2,66,82)(H2,67,83)(H2,68,85)(H,72,86)(H,73,84)(H,74,89)(H,75,87)(H,76,91)(H,77,92)(H,78,90)(H,79,88)(H4,69,70,71)/t40-,41-,42-,43+,44-,45-,46+,47+,48+,49+/m0/s1. The molecule has 2 aromatic rings. The van der Waals surface area contributed by atoms with E-state index in [0.29, 0.717) is 55.4 Å². The van der Waals surface area contributed by atoms with E-state index < -0.39 is 169 Å². The lowest BCUT2D eigenvalue weighted by Crippen LogP contribution is -2.60. The number of benzene rings is 2. The van der Waals surface area contributed by atoms with E-state index in [1.807, 2.05) is 20.1 Å². The van der Waals surface area contributed by atoms with Gasteiger partial charge in [0.15, 0.2) is 5.96 Å². The number of likely N-dealkylation sites (tertiary alicyclic amines) is 2. The first-order chi connectivity index (χ1) is 45.2. The molecule has 0 spiro atoms. The van der Waals surface area contributed by atoms with Crippen LogP contribution in [-0.4, -0.2) is 198 Å². The minimum atomic E-state index is -1.64. The zero-order chi connectivity index (χ0) is 70.1. The molecule has 524 valence electrons. The first-order valence-corrected chi connectivity index (χ1v) is 33.6. The van der Waals surface area contributed by atoms with Gasteiger partial charge in [-0.3, -0.25) is 67.3 Å². The summed E-state index contributed by atoms with van der Waals surface area (Å²) in [6, 6.07) is 4.51. The Labute approximate surface area is 558 Å². The number of primary amides is 3. The number of nitrogens with one attached hydrogen (secondary N) is 8. The van der Waals surface area contributed by atoms with Crippen LogP contribution in [0, 0.1) is 5.92 Å². The minimum Gasteiger partial charge on any atom is -0.370 e. The maximum atomic E-state index is 14.7. The molecule has 95 heavy (non-hydrogen) atoms. The van der Waals surface area contributed by atoms with Gasteiger partial charge in [-0.2, -0.15) is 11.8 Å². The second-order valence-electron chi connectivity index (χ2n) is 24.1. The molecule has 2 heterocycles. The summed E-state index contributed by atoms with van der Waals surface area (Å²) in [5, 5.41) is 21.1. The molecule has 0 unspecified atom stereocenters. The maximum absolute atomic E-state index is 14.7. The fraction of sp³-hybridized carbons (Fsp3) is 0.587. The average Bonchev–Trinajstić information content (AvgIpc) is 1.74. The van der Waals surface area contributed by atoms with Crippen molar-refractivity contribution in [1.82, 2.24) is 52.3 Å². The van der Waals surface area contributed by atoms with E-state index in [1.54, 1.807) is 60.7 Å². The normalized spacial score (nSPS) is 16.8. The molecule has 2 aliphatic rings. The molecular formula is C63H98N18O13S. The van der Waals surface area contributed by atoms with Gasteiger partial charge in [0.05, 0.1) is 12.6 Å². The molecule has 10 atom stereocenters. The van der Waals surface area contributed by atoms with Crippen LogP contribution in [0.1, 0.15) is 121 Å². The minimum absolute atomic E-state index is 0.0736. The van der Waals surface area contributed by atoms with E-state index in [0.717, 1.165) is 0 Å². The van der Waals surface area contributed by atoms with Gasteiger partial charge in [0.25, 0.3) is 0 Å². The molecule has 0 saturated carbocycles. The zero-order valence-electron chi connectivity index (χ0n) is 54.5. The Morgan fingerprint density at radius 1 is 0.537 bits per heavy atom. The van der Waals surface area contributed by atoms with Gasteiger partial charge in [0.1, 0.15) is 54.4 Å². The third-order valence-electron chi connectivity index (χ3n) is 16.0. The molecule has 32 heteroatoms. The van der Waals surface area contributed by atoms with Crippen molar-refractivity contribution in [2.45, 2.75) is 183 Å². The SMILES string of the molecule is CSCC[C@H](NC(=O)[C@H](CC(C)C)NC(=O)CNC(=O)[C@@H](Cc1ccccc1)NC(=O)[C@@H](Cc1ccccc1)NC(=O)[C@H](CCC(N)=O)NC(=O)[C@@H](CCC(N)=O)NC(=O)[C@H]1CCCN1C(=O)[C@H](CCCCN)NC(=O)[C@H]1CCCN1C(=O)[C@@H](N)CCCN=C(N)N)C(N)=O. The van der Waals surface area contributed by atoms with Crippen LogP contribution in [0.5, 0.6) is 0 Å². The van der Waals surface area contributed by atoms with Gasteiger partial charge in [-0.05, 0) is 119 Å². The second kappa shape index (κ2) is 41.0. The summed E-state index contributed by atoms with van der Waals surface area (Å²) >= 11 is 1.45. The lowest BCUT2D eigenvalue weighted by Gasteiger charge is -2.32. The van der Waals surface area contributed by atoms with Crippen LogP contribution >= 0.6 is 11.8 Å². The Kier molecular flexibility index (Phi) is 33.9. The predicted molar refractivity (Wildman–Crippen MR) is 356 cm³/mol. The van der Waals surface area contributed by atoms with Gasteiger partial charge in [-0.25, -0.2) is 0 Å². The zero-order valence-corrected chi connectivity index (χ0v) is 55.3. The van der Waals surface area contributed by atoms with Crippen LogP contribution < -0.4 is 82.7 Å². The van der Waals surface area contributed by atoms with E-state index in [-0.39, 0.29) is 83.0 Å². The number of carbonyl (C=O) groups is 13. The van der Waals surface area contributed by atoms with Crippen molar-refractivity contribution in [3.05, 3.63) is 71.8 Å². The number of hydrogen-bond donors (Lipinski definition) is 15. The third kappa shape index (κ3) is 27.5. The molecule has 4 rings (SSSR count). The highest BCUT2D eigenvalue weighted by Crippen LogP contribution is 2.24. The molecule has 2 aromatic carbocycles. The number of carbonyl (C=O) groups excluding carboxylic acids is 13. The van der Waals surface area contributed by atoms with Crippen LogP contribution in [0.3, 0.4) is 0 Å². The largest absolute Gasteiger partial charge is 0.370 e. The summed E-state index contributed by atoms with van der Waals surface area (Å²) in [7, 11) is 0. The van der Waals surface area contributed by atoms with E-state index in [4.69, 9.17) is 40.1 Å². The maximum Gasteiger partial charge on any atom is 0.245 e. The van der Waals surface area contributed by atoms with E-state index in [1.165, 1.54) is 21.6 Å². The lowest BCUT2D eigenvalue weighted by atomic mass is 10.0. The highest BCUT2D eigenvalue weighted by molar-refractivity contribution is 7.98. The lowest BCUT2D eigenvalue weighted by molar-refractivity contribution is -0.144. The summed E-state index contributed by atoms with van der Waals surface area (Å²) in [5.41, 5.74) is 40.6. The molecule has 2 fully saturated rings. The number of amides is 13. The predicted octanol–water partition coefficient (Wildman–Crippen LogP) is -3.71. The molecule has 22 N–H and O–H groups in total. The summed E-state index contributed by atoms with van der Waals surface area (Å²) in [5.74, 6) is -9.80. The van der Waals surface area contributed by atoms with Crippen molar-refractivity contribution in [1.29, 1.82) is 0 Å². The molecular weight excluding hydrogens is 1250 g/mol. The van der Waals surface area contributed by atoms with Gasteiger partial charge in [-0.15, -0.1) is 0 Å². The number of hydrogen-bond acceptors (Lipinski definition) is 17. The summed E-state index contributed by atoms with van der Waals surface area (Å²) in [4.78, 5) is 185. The van der Waals surface area contributed by atoms with E-state index in [9.17, 15) is 62.3 Å². The fourth-order valence-electron chi connectivity index (χ4n) is 11.0. The smallest absolute Gasteiger partial charge is 0.245 e. The van der Waals surface area contributed by atoms with Crippen molar-refractivity contribution in [2.24, 2.45) is 51.0 Å². The van der Waals surface area contributed by atoms with Crippen LogP contribution in [0.25, 0.3) is 0 Å². The Balaban J connectivity index is 1.56. The van der Waals surface area contributed by atoms with Crippen LogP contribution in [0.15, 0.2) is 65.7 Å². The first-order valence-electron chi connectivity index (χ1n) is 32.2. The Morgan fingerprint density at radius 3 is 1.51 bits per heavy atom. The second-order valence-corrected chi connectivity index (χ2v) is 25.1. The Bertz CT molecular complexity index is 2960. The quantitative estimate of drug-likeness (QED) is 0.0173.